The molecule has 32 heavy (non-hydrogen) atoms. The van der Waals surface area contributed by atoms with Crippen LogP contribution in [0.1, 0.15) is 16.8 Å². The number of rotatable bonds is 7. The lowest BCUT2D eigenvalue weighted by molar-refractivity contribution is -0.117. The summed E-state index contributed by atoms with van der Waals surface area (Å²) in [5.41, 5.74) is 4.21. The first-order valence-electron chi connectivity index (χ1n) is 10.9. The van der Waals surface area contributed by atoms with Crippen molar-refractivity contribution in [3.05, 3.63) is 71.2 Å². The molecule has 0 spiro atoms. The van der Waals surface area contributed by atoms with E-state index < -0.39 is 0 Å². The first-order valence-corrected chi connectivity index (χ1v) is 10.9. The Morgan fingerprint density at radius 1 is 1.00 bits per heavy atom. The molecule has 0 N–H and O–H groups in total. The van der Waals surface area contributed by atoms with Gasteiger partial charge in [0.25, 0.3) is 0 Å². The van der Waals surface area contributed by atoms with Gasteiger partial charge in [-0.15, -0.1) is 0 Å². The average molecular weight is 430 g/mol. The Morgan fingerprint density at radius 2 is 1.59 bits per heavy atom. The minimum Gasteiger partial charge on any atom is -0.378 e. The maximum absolute atomic E-state index is 14.7. The van der Waals surface area contributed by atoms with E-state index in [9.17, 15) is 9.18 Å². The topological polar surface area (TPSA) is 55.3 Å². The summed E-state index contributed by atoms with van der Waals surface area (Å²) in [4.78, 5) is 23.2. The molecule has 1 radical (unpaired) electrons. The zero-order valence-electron chi connectivity index (χ0n) is 18.5. The number of hydrogen-bond acceptors (Lipinski definition) is 5. The number of aryl methyl sites for hydroxylation is 1. The molecule has 1 fully saturated rings. The van der Waals surface area contributed by atoms with Crippen LogP contribution in [0.25, 0.3) is 11.4 Å². The summed E-state index contributed by atoms with van der Waals surface area (Å²) < 4.78 is 20.0. The van der Waals surface area contributed by atoms with Gasteiger partial charge >= 0.3 is 0 Å². The van der Waals surface area contributed by atoms with E-state index in [1.54, 1.807) is 6.92 Å². The van der Waals surface area contributed by atoms with Gasteiger partial charge in [0.1, 0.15) is 13.1 Å². The molecule has 0 unspecified atom stereocenters. The van der Waals surface area contributed by atoms with Gasteiger partial charge in [0, 0.05) is 31.5 Å². The van der Waals surface area contributed by atoms with Gasteiger partial charge in [-0.1, -0.05) is 60.8 Å². The third kappa shape index (κ3) is 5.22. The maximum atomic E-state index is 14.7. The molecule has 3 aromatic rings. The third-order valence-corrected chi connectivity index (χ3v) is 5.64. The lowest BCUT2D eigenvalue weighted by atomic mass is 9.73. The van der Waals surface area contributed by atoms with Gasteiger partial charge < -0.3 is 9.64 Å². The van der Waals surface area contributed by atoms with Gasteiger partial charge in [0.2, 0.25) is 0 Å². The predicted octanol–water partition coefficient (Wildman–Crippen LogP) is 3.16. The van der Waals surface area contributed by atoms with Crippen LogP contribution >= 0.6 is 0 Å². The second kappa shape index (κ2) is 10.0. The van der Waals surface area contributed by atoms with Gasteiger partial charge in [-0.2, -0.15) is 0 Å². The van der Waals surface area contributed by atoms with Gasteiger partial charge in [0.15, 0.2) is 17.5 Å². The fraction of sp³-hybridized carbons (Fsp3) is 0.320. The van der Waals surface area contributed by atoms with Gasteiger partial charge in [-0.3, -0.25) is 4.79 Å². The van der Waals surface area contributed by atoms with E-state index in [0.29, 0.717) is 56.5 Å². The summed E-state index contributed by atoms with van der Waals surface area (Å²) in [6.45, 7) is 5.97. The van der Waals surface area contributed by atoms with Crippen LogP contribution in [-0.4, -0.2) is 49.3 Å². The fourth-order valence-corrected chi connectivity index (χ4v) is 3.78. The minimum atomic E-state index is -0.386. The molecule has 2 aromatic carbocycles. The van der Waals surface area contributed by atoms with Crippen molar-refractivity contribution < 1.29 is 13.9 Å². The quantitative estimate of drug-likeness (QED) is 0.539. The number of ether oxygens (including phenoxy) is 1. The highest BCUT2D eigenvalue weighted by atomic mass is 19.1. The van der Waals surface area contributed by atoms with Crippen LogP contribution in [0.2, 0.25) is 6.82 Å². The molecule has 0 atom stereocenters. The van der Waals surface area contributed by atoms with E-state index in [0.717, 1.165) is 22.2 Å². The Kier molecular flexibility index (Phi) is 6.95. The number of halogens is 1. The zero-order valence-corrected chi connectivity index (χ0v) is 18.5. The van der Waals surface area contributed by atoms with Crippen LogP contribution in [0.3, 0.4) is 0 Å². The molecule has 4 rings (SSSR count). The van der Waals surface area contributed by atoms with Crippen molar-refractivity contribution in [2.24, 2.45) is 0 Å². The van der Waals surface area contributed by atoms with Gasteiger partial charge in [-0.25, -0.2) is 14.4 Å². The van der Waals surface area contributed by atoms with E-state index >= 15 is 0 Å². The summed E-state index contributed by atoms with van der Waals surface area (Å²) in [6, 6.07) is 15.7. The Morgan fingerprint density at radius 3 is 2.19 bits per heavy atom. The second-order valence-corrected chi connectivity index (χ2v) is 7.99. The lowest BCUT2D eigenvalue weighted by Crippen LogP contribution is -2.37. The molecule has 2 heterocycles. The van der Waals surface area contributed by atoms with Crippen LogP contribution in [0.15, 0.2) is 48.5 Å². The molecule has 0 aliphatic carbocycles. The van der Waals surface area contributed by atoms with E-state index in [1.165, 1.54) is 0 Å². The highest BCUT2D eigenvalue weighted by Crippen LogP contribution is 2.25. The average Bonchev–Trinajstić information content (AvgIpc) is 2.82. The van der Waals surface area contributed by atoms with Crippen molar-refractivity contribution in [3.8, 4) is 11.4 Å². The number of aromatic nitrogens is 2. The van der Waals surface area contributed by atoms with E-state index in [4.69, 9.17) is 4.74 Å². The fourth-order valence-electron chi connectivity index (χ4n) is 3.78. The highest BCUT2D eigenvalue weighted by molar-refractivity contribution is 6.51. The van der Waals surface area contributed by atoms with Gasteiger partial charge in [0.05, 0.1) is 18.9 Å². The summed E-state index contributed by atoms with van der Waals surface area (Å²) in [5.74, 6) is 0.579. The van der Waals surface area contributed by atoms with E-state index in [1.807, 2.05) is 67.5 Å². The predicted molar refractivity (Wildman–Crippen MR) is 125 cm³/mol. The number of carbonyl (C=O) groups is 1. The molecule has 1 saturated heterocycles. The normalized spacial score (nSPS) is 13.8. The number of morpholine rings is 1. The molecule has 1 aliphatic rings. The zero-order chi connectivity index (χ0) is 22.5. The number of anilines is 1. The van der Waals surface area contributed by atoms with Crippen molar-refractivity contribution in [1.82, 2.24) is 9.97 Å². The van der Waals surface area contributed by atoms with Crippen LogP contribution < -0.4 is 10.4 Å². The van der Waals surface area contributed by atoms with Crippen LogP contribution in [-0.2, 0) is 22.4 Å². The number of hydrogen-bond donors (Lipinski definition) is 0. The number of Topliss-reactive ketones (excluding diaryl/α,β-unsaturated/α-hetero) is 1. The van der Waals surface area contributed by atoms with Crippen molar-refractivity contribution in [2.75, 3.05) is 31.2 Å². The van der Waals surface area contributed by atoms with Crippen molar-refractivity contribution in [2.45, 2.75) is 26.6 Å². The third-order valence-electron chi connectivity index (χ3n) is 5.64. The number of carbonyl (C=O) groups excluding carboxylic acids is 1. The molecule has 7 heteroatoms. The molecule has 1 aromatic heterocycles. The maximum Gasteiger partial charge on any atom is 0.186 e. The minimum absolute atomic E-state index is 0.162. The largest absolute Gasteiger partial charge is 0.378 e. The molecule has 0 bridgehead atoms. The number of ketones is 1. The molecular weight excluding hydrogens is 404 g/mol. The number of benzene rings is 2. The number of nitrogens with zero attached hydrogens (tertiary/aromatic N) is 3. The molecule has 5 nitrogen and oxygen atoms in total. The van der Waals surface area contributed by atoms with Crippen molar-refractivity contribution in [1.29, 1.82) is 0 Å². The van der Waals surface area contributed by atoms with Gasteiger partial charge in [-0.05, 0) is 18.1 Å². The second-order valence-electron chi connectivity index (χ2n) is 7.99. The van der Waals surface area contributed by atoms with E-state index in [-0.39, 0.29) is 11.6 Å². The van der Waals surface area contributed by atoms with Crippen LogP contribution in [0, 0.1) is 12.7 Å². The Balaban J connectivity index is 1.46. The summed E-state index contributed by atoms with van der Waals surface area (Å²) in [6.07, 6.45) is 0.777. The van der Waals surface area contributed by atoms with Crippen molar-refractivity contribution in [3.63, 3.8) is 0 Å². The summed E-state index contributed by atoms with van der Waals surface area (Å²) >= 11 is 0. The standard InChI is InChI=1S/C25H26BFN3O2/c1-17-23(27)25(30-11-13-32-14-12-30)29-24(28-17)20-7-3-18(4-8-20)15-22(31)16-19-5-9-21(26-2)10-6-19/h3-10H,11-16H2,1-2H3. The molecular formula is C25H26BFN3O2. The SMILES string of the molecule is C[B]c1ccc(CC(=O)Cc2ccc(-c3nc(C)c(F)c(N4CCOCC4)n3)cc2)cc1. The first-order chi connectivity index (χ1) is 15.5. The summed E-state index contributed by atoms with van der Waals surface area (Å²) in [7, 11) is 2.03. The lowest BCUT2D eigenvalue weighted by Gasteiger charge is -2.28. The Labute approximate surface area is 188 Å². The summed E-state index contributed by atoms with van der Waals surface area (Å²) in [5, 5.41) is 0. The molecule has 0 saturated carbocycles. The highest BCUT2D eigenvalue weighted by Gasteiger charge is 2.20. The smallest absolute Gasteiger partial charge is 0.186 e. The molecule has 0 amide bonds. The van der Waals surface area contributed by atoms with Crippen LogP contribution in [0.4, 0.5) is 10.2 Å². The van der Waals surface area contributed by atoms with E-state index in [2.05, 4.69) is 9.97 Å². The first kappa shape index (κ1) is 22.2. The Bertz CT molecular complexity index is 1080. The van der Waals surface area contributed by atoms with Crippen molar-refractivity contribution >= 4 is 24.3 Å². The molecule has 163 valence electrons. The monoisotopic (exact) mass is 430 g/mol. The van der Waals surface area contributed by atoms with Crippen LogP contribution in [0.5, 0.6) is 0 Å². The Hall–Kier alpha value is -3.06. The molecule has 1 aliphatic heterocycles.